The van der Waals surface area contributed by atoms with Crippen LogP contribution in [0.5, 0.6) is 23.0 Å². The van der Waals surface area contributed by atoms with Crippen molar-refractivity contribution >= 4 is 22.7 Å². The van der Waals surface area contributed by atoms with Gasteiger partial charge in [0.25, 0.3) is 0 Å². The molecule has 12 heteroatoms. The van der Waals surface area contributed by atoms with Crippen molar-refractivity contribution in [1.29, 1.82) is 0 Å². The summed E-state index contributed by atoms with van der Waals surface area (Å²) in [5.74, 6) is -3.14. The zero-order valence-electron chi connectivity index (χ0n) is 19.7. The second kappa shape index (κ2) is 11.4. The molecule has 3 rings (SSSR count). The van der Waals surface area contributed by atoms with Gasteiger partial charge in [0, 0.05) is 24.9 Å². The van der Waals surface area contributed by atoms with Crippen molar-refractivity contribution in [3.63, 3.8) is 0 Å². The van der Waals surface area contributed by atoms with E-state index in [9.17, 15) is 18.9 Å². The second-order valence-electron chi connectivity index (χ2n) is 7.42. The molecule has 0 radical (unpaired) electrons. The fraction of sp³-hybridized carbons (Fsp3) is 0.391. The summed E-state index contributed by atoms with van der Waals surface area (Å²) >= 11 is 0. The number of rotatable bonds is 12. The molecular weight excluding hydrogens is 482 g/mol. The third kappa shape index (κ3) is 6.02. The highest BCUT2D eigenvalue weighted by Gasteiger charge is 2.54. The molecule has 0 amide bonds. The van der Waals surface area contributed by atoms with E-state index in [2.05, 4.69) is 5.32 Å². The van der Waals surface area contributed by atoms with Crippen LogP contribution in [0.1, 0.15) is 5.56 Å². The van der Waals surface area contributed by atoms with Crippen molar-refractivity contribution in [3.8, 4) is 23.0 Å². The van der Waals surface area contributed by atoms with Crippen LogP contribution in [0.4, 0.5) is 0 Å². The first-order valence-electron chi connectivity index (χ1n) is 10.5. The minimum absolute atomic E-state index is 0.0176. The number of hydrogen-bond acceptors (Lipinski definition) is 11. The Hall–Kier alpha value is -3.35. The highest BCUT2D eigenvalue weighted by molar-refractivity contribution is 7.84. The number of benzene rings is 2. The number of carbonyl (C=O) groups excluding carboxylic acids is 2. The SMILES string of the molecule is COc1cc(S(C)=O)c(OC)cc1OCCNC1(C(O)COc2ccccc2C)OC(=O)C(=O)O1. The van der Waals surface area contributed by atoms with E-state index in [1.165, 1.54) is 26.5 Å². The predicted octanol–water partition coefficient (Wildman–Crippen LogP) is 0.912. The quantitative estimate of drug-likeness (QED) is 0.240. The van der Waals surface area contributed by atoms with E-state index in [0.29, 0.717) is 27.9 Å². The van der Waals surface area contributed by atoms with Crippen molar-refractivity contribution < 1.29 is 47.3 Å². The standard InChI is InChI=1S/C23H27NO10S/c1-14-7-5-6-8-15(14)32-13-20(25)23(33-21(26)22(27)34-23)24-9-10-31-17-11-18(30-3)19(35(4)28)12-16(17)29-2/h5-8,11-12,20,24-25H,9-10,13H2,1-4H3. The minimum atomic E-state index is -2.15. The Kier molecular flexibility index (Phi) is 8.54. The monoisotopic (exact) mass is 509 g/mol. The van der Waals surface area contributed by atoms with E-state index in [0.717, 1.165) is 5.56 Å². The lowest BCUT2D eigenvalue weighted by molar-refractivity contribution is -0.240. The van der Waals surface area contributed by atoms with Crippen molar-refractivity contribution in [2.24, 2.45) is 0 Å². The van der Waals surface area contributed by atoms with Crippen molar-refractivity contribution in [1.82, 2.24) is 5.32 Å². The topological polar surface area (TPSA) is 139 Å². The van der Waals surface area contributed by atoms with Gasteiger partial charge < -0.3 is 33.5 Å². The van der Waals surface area contributed by atoms with Crippen LogP contribution >= 0.6 is 0 Å². The molecule has 2 N–H and O–H groups in total. The van der Waals surface area contributed by atoms with Crippen molar-refractivity contribution in [2.45, 2.75) is 23.8 Å². The summed E-state index contributed by atoms with van der Waals surface area (Å²) in [5.41, 5.74) is 0.831. The number of ether oxygens (including phenoxy) is 6. The van der Waals surface area contributed by atoms with Gasteiger partial charge in [-0.1, -0.05) is 18.2 Å². The van der Waals surface area contributed by atoms with Gasteiger partial charge in [-0.2, -0.15) is 0 Å². The van der Waals surface area contributed by atoms with Crippen LogP contribution < -0.4 is 24.3 Å². The van der Waals surface area contributed by atoms with E-state index in [4.69, 9.17) is 28.4 Å². The van der Waals surface area contributed by atoms with Gasteiger partial charge >= 0.3 is 17.8 Å². The zero-order valence-corrected chi connectivity index (χ0v) is 20.5. The van der Waals surface area contributed by atoms with Gasteiger partial charge in [0.1, 0.15) is 24.7 Å². The molecule has 2 aromatic carbocycles. The first kappa shape index (κ1) is 26.3. The molecule has 0 aliphatic carbocycles. The Balaban J connectivity index is 1.67. The van der Waals surface area contributed by atoms with Gasteiger partial charge in [-0.15, -0.1) is 0 Å². The summed E-state index contributed by atoms with van der Waals surface area (Å²) in [4.78, 5) is 23.9. The van der Waals surface area contributed by atoms with Gasteiger partial charge in [0.2, 0.25) is 0 Å². The van der Waals surface area contributed by atoms with E-state index < -0.39 is 34.8 Å². The number of para-hydroxylation sites is 1. The summed E-state index contributed by atoms with van der Waals surface area (Å²) in [6, 6.07) is 10.2. The number of nitrogens with one attached hydrogen (secondary N) is 1. The second-order valence-corrected chi connectivity index (χ2v) is 8.77. The van der Waals surface area contributed by atoms with E-state index in [-0.39, 0.29) is 19.8 Å². The summed E-state index contributed by atoms with van der Waals surface area (Å²) in [5, 5.41) is 13.4. The number of esters is 2. The number of aliphatic hydroxyl groups is 1. The van der Waals surface area contributed by atoms with Gasteiger partial charge in [-0.3, -0.25) is 4.21 Å². The zero-order chi connectivity index (χ0) is 25.6. The lowest BCUT2D eigenvalue weighted by Gasteiger charge is -2.30. The number of aryl methyl sites for hydroxylation is 1. The molecule has 1 fully saturated rings. The molecular formula is C23H27NO10S. The summed E-state index contributed by atoms with van der Waals surface area (Å²) in [6.45, 7) is 1.46. The van der Waals surface area contributed by atoms with Crippen LogP contribution in [0.2, 0.25) is 0 Å². The highest BCUT2D eigenvalue weighted by Crippen LogP contribution is 2.36. The predicted molar refractivity (Wildman–Crippen MR) is 123 cm³/mol. The fourth-order valence-electron chi connectivity index (χ4n) is 3.27. The van der Waals surface area contributed by atoms with E-state index >= 15 is 0 Å². The number of hydrogen-bond donors (Lipinski definition) is 2. The van der Waals surface area contributed by atoms with Crippen LogP contribution in [0.3, 0.4) is 0 Å². The highest BCUT2D eigenvalue weighted by atomic mass is 32.2. The lowest BCUT2D eigenvalue weighted by atomic mass is 10.2. The first-order chi connectivity index (χ1) is 16.7. The Bertz CT molecular complexity index is 1090. The molecule has 1 aliphatic rings. The maximum Gasteiger partial charge on any atom is 0.422 e. The molecule has 1 heterocycles. The van der Waals surface area contributed by atoms with E-state index in [1.807, 2.05) is 19.1 Å². The lowest BCUT2D eigenvalue weighted by Crippen LogP contribution is -2.58. The number of cyclic esters (lactones) is 2. The van der Waals surface area contributed by atoms with Gasteiger partial charge in [0.05, 0.1) is 29.9 Å². The molecule has 2 unspecified atom stereocenters. The molecule has 1 aliphatic heterocycles. The maximum absolute atomic E-state index is 11.9. The molecule has 190 valence electrons. The first-order valence-corrected chi connectivity index (χ1v) is 12.1. The third-order valence-corrected chi connectivity index (χ3v) is 6.01. The number of aliphatic hydroxyl groups excluding tert-OH is 1. The Morgan fingerprint density at radius 2 is 1.66 bits per heavy atom. The van der Waals surface area contributed by atoms with E-state index in [1.54, 1.807) is 18.2 Å². The van der Waals surface area contributed by atoms with Crippen LogP contribution in [0.15, 0.2) is 41.3 Å². The molecule has 2 atom stereocenters. The molecule has 0 saturated carbocycles. The average Bonchev–Trinajstić information content (AvgIpc) is 3.14. The summed E-state index contributed by atoms with van der Waals surface area (Å²) < 4.78 is 43.9. The number of carbonyl (C=O) groups is 2. The van der Waals surface area contributed by atoms with Gasteiger partial charge in [-0.25, -0.2) is 14.9 Å². The Morgan fingerprint density at radius 3 is 2.26 bits per heavy atom. The molecule has 1 saturated heterocycles. The molecule has 35 heavy (non-hydrogen) atoms. The maximum atomic E-state index is 11.9. The largest absolute Gasteiger partial charge is 0.495 e. The van der Waals surface area contributed by atoms with Crippen LogP contribution in [-0.2, 0) is 29.9 Å². The van der Waals surface area contributed by atoms with Crippen molar-refractivity contribution in [3.05, 3.63) is 42.0 Å². The van der Waals surface area contributed by atoms with Crippen LogP contribution in [0.25, 0.3) is 0 Å². The molecule has 2 aromatic rings. The normalized spacial score (nSPS) is 16.1. The molecule has 11 nitrogen and oxygen atoms in total. The third-order valence-electron chi connectivity index (χ3n) is 5.07. The van der Waals surface area contributed by atoms with Gasteiger partial charge in [-0.05, 0) is 18.6 Å². The minimum Gasteiger partial charge on any atom is -0.495 e. The summed E-state index contributed by atoms with van der Waals surface area (Å²) in [6.07, 6.45) is -0.0366. The Morgan fingerprint density at radius 1 is 1.00 bits per heavy atom. The van der Waals surface area contributed by atoms with Crippen molar-refractivity contribution in [2.75, 3.05) is 40.2 Å². The van der Waals surface area contributed by atoms with Crippen LogP contribution in [0, 0.1) is 6.92 Å². The molecule has 0 aromatic heterocycles. The van der Waals surface area contributed by atoms with Gasteiger partial charge in [0.15, 0.2) is 17.6 Å². The molecule has 0 bridgehead atoms. The molecule has 0 spiro atoms. The average molecular weight is 510 g/mol. The number of methoxy groups -OCH3 is 2. The Labute approximate surface area is 204 Å². The fourth-order valence-corrected chi connectivity index (χ4v) is 3.97. The summed E-state index contributed by atoms with van der Waals surface area (Å²) in [7, 11) is 1.56. The van der Waals surface area contributed by atoms with Crippen LogP contribution in [-0.4, -0.2) is 73.5 Å². The smallest absolute Gasteiger partial charge is 0.422 e.